The van der Waals surface area contributed by atoms with E-state index >= 15 is 0 Å². The molecule has 0 radical (unpaired) electrons. The summed E-state index contributed by atoms with van der Waals surface area (Å²) in [7, 11) is 0.593. The summed E-state index contributed by atoms with van der Waals surface area (Å²) in [5.74, 6) is 0.781. The third-order valence-electron chi connectivity index (χ3n) is 2.93. The molecule has 0 spiro atoms. The lowest BCUT2D eigenvalue weighted by atomic mass is 10.2. The maximum atomic E-state index is 5.67. The van der Waals surface area contributed by atoms with E-state index in [2.05, 4.69) is 42.9 Å². The molecular formula is C13H20N2OSi. The Balaban J connectivity index is 2.76. The zero-order valence-corrected chi connectivity index (χ0v) is 12.2. The first-order chi connectivity index (χ1) is 7.95. The van der Waals surface area contributed by atoms with E-state index < -0.39 is 8.07 Å². The summed E-state index contributed by atoms with van der Waals surface area (Å²) in [6.07, 6.45) is 0. The number of nitrogens with zero attached hydrogens (tertiary/aromatic N) is 2. The molecule has 0 aliphatic rings. The van der Waals surface area contributed by atoms with Crippen LogP contribution in [0.4, 0.5) is 0 Å². The van der Waals surface area contributed by atoms with Crippen molar-refractivity contribution in [2.75, 3.05) is 6.61 Å². The molecular weight excluding hydrogens is 228 g/mol. The Morgan fingerprint density at radius 1 is 1.29 bits per heavy atom. The molecule has 0 aliphatic carbocycles. The fourth-order valence-electron chi connectivity index (χ4n) is 2.14. The second-order valence-electron chi connectivity index (χ2n) is 5.31. The Hall–Kier alpha value is -1.29. The fraction of sp³-hybridized carbons (Fsp3) is 0.462. The molecule has 0 saturated carbocycles. The van der Waals surface area contributed by atoms with E-state index in [1.807, 2.05) is 18.7 Å². The Morgan fingerprint density at radius 2 is 2.00 bits per heavy atom. The van der Waals surface area contributed by atoms with Crippen LogP contribution in [-0.4, -0.2) is 24.5 Å². The van der Waals surface area contributed by atoms with Crippen LogP contribution in [0.15, 0.2) is 18.2 Å². The quantitative estimate of drug-likeness (QED) is 0.780. The molecule has 2 aromatic rings. The predicted molar refractivity (Wildman–Crippen MR) is 74.9 cm³/mol. The number of fused-ring (bicyclic) bond motifs is 1. The monoisotopic (exact) mass is 248 g/mol. The van der Waals surface area contributed by atoms with Crippen molar-refractivity contribution in [1.82, 2.24) is 9.78 Å². The summed E-state index contributed by atoms with van der Waals surface area (Å²) < 4.78 is 7.57. The van der Waals surface area contributed by atoms with Gasteiger partial charge in [-0.3, -0.25) is 4.68 Å². The van der Waals surface area contributed by atoms with Gasteiger partial charge in [0, 0.05) is 7.05 Å². The zero-order chi connectivity index (χ0) is 12.6. The summed E-state index contributed by atoms with van der Waals surface area (Å²) in [4.78, 5) is 0. The number of aromatic nitrogens is 2. The van der Waals surface area contributed by atoms with Crippen molar-refractivity contribution in [2.24, 2.45) is 7.05 Å². The van der Waals surface area contributed by atoms with Crippen molar-refractivity contribution >= 4 is 24.2 Å². The number of hydrogen-bond donors (Lipinski definition) is 0. The van der Waals surface area contributed by atoms with Gasteiger partial charge in [0.2, 0.25) is 5.88 Å². The third kappa shape index (κ3) is 2.09. The summed E-state index contributed by atoms with van der Waals surface area (Å²) >= 11 is 0. The minimum absolute atomic E-state index is 0.659. The normalized spacial score (nSPS) is 12.1. The molecule has 92 valence electrons. The van der Waals surface area contributed by atoms with Crippen molar-refractivity contribution < 1.29 is 4.74 Å². The van der Waals surface area contributed by atoms with Gasteiger partial charge in [0.15, 0.2) is 0 Å². The van der Waals surface area contributed by atoms with E-state index in [9.17, 15) is 0 Å². The van der Waals surface area contributed by atoms with Gasteiger partial charge in [-0.1, -0.05) is 31.8 Å². The minimum atomic E-state index is -1.38. The first-order valence-electron chi connectivity index (χ1n) is 6.04. The number of ether oxygens (including phenoxy) is 1. The highest BCUT2D eigenvalue weighted by Gasteiger charge is 2.23. The van der Waals surface area contributed by atoms with Gasteiger partial charge < -0.3 is 4.74 Å². The molecule has 17 heavy (non-hydrogen) atoms. The van der Waals surface area contributed by atoms with E-state index in [4.69, 9.17) is 4.74 Å². The Bertz CT molecular complexity index is 540. The van der Waals surface area contributed by atoms with Crippen LogP contribution >= 0.6 is 0 Å². The molecule has 2 rings (SSSR count). The Morgan fingerprint density at radius 3 is 2.59 bits per heavy atom. The smallest absolute Gasteiger partial charge is 0.240 e. The van der Waals surface area contributed by atoms with Crippen molar-refractivity contribution in [3.63, 3.8) is 0 Å². The lowest BCUT2D eigenvalue weighted by molar-refractivity contribution is 0.326. The summed E-state index contributed by atoms with van der Waals surface area (Å²) in [6, 6.07) is 6.45. The molecule has 0 bridgehead atoms. The maximum absolute atomic E-state index is 5.67. The second-order valence-corrected chi connectivity index (χ2v) is 10.4. The van der Waals surface area contributed by atoms with Gasteiger partial charge >= 0.3 is 0 Å². The Labute approximate surface area is 103 Å². The van der Waals surface area contributed by atoms with E-state index in [-0.39, 0.29) is 0 Å². The van der Waals surface area contributed by atoms with E-state index in [0.29, 0.717) is 6.61 Å². The molecule has 1 aromatic carbocycles. The zero-order valence-electron chi connectivity index (χ0n) is 11.2. The van der Waals surface area contributed by atoms with Crippen LogP contribution in [0.25, 0.3) is 10.9 Å². The van der Waals surface area contributed by atoms with Crippen LogP contribution in [0.1, 0.15) is 6.92 Å². The molecule has 0 saturated heterocycles. The number of aryl methyl sites for hydroxylation is 1. The molecule has 1 heterocycles. The van der Waals surface area contributed by atoms with Gasteiger partial charge in [-0.2, -0.15) is 0 Å². The highest BCUT2D eigenvalue weighted by Crippen LogP contribution is 2.24. The van der Waals surface area contributed by atoms with Crippen LogP contribution in [0.5, 0.6) is 5.88 Å². The lowest BCUT2D eigenvalue weighted by Crippen LogP contribution is -2.38. The van der Waals surface area contributed by atoms with Gasteiger partial charge in [-0.15, -0.1) is 5.10 Å². The van der Waals surface area contributed by atoms with E-state index in [1.54, 1.807) is 0 Å². The summed E-state index contributed by atoms with van der Waals surface area (Å²) in [5, 5.41) is 7.10. The van der Waals surface area contributed by atoms with Crippen LogP contribution in [0.3, 0.4) is 0 Å². The minimum Gasteiger partial charge on any atom is -0.476 e. The largest absolute Gasteiger partial charge is 0.476 e. The highest BCUT2D eigenvalue weighted by molar-refractivity contribution is 6.90. The van der Waals surface area contributed by atoms with E-state index in [1.165, 1.54) is 10.6 Å². The van der Waals surface area contributed by atoms with Crippen molar-refractivity contribution in [3.05, 3.63) is 18.2 Å². The predicted octanol–water partition coefficient (Wildman–Crippen LogP) is 2.52. The highest BCUT2D eigenvalue weighted by atomic mass is 28.3. The standard InChI is InChI=1S/C13H20N2OSi/c1-6-16-13-12-10(15(2)14-13)8-7-9-11(12)17(3,4)5/h7-9H,6H2,1-5H3. The molecule has 3 nitrogen and oxygen atoms in total. The second kappa shape index (κ2) is 4.18. The van der Waals surface area contributed by atoms with Crippen molar-refractivity contribution in [1.29, 1.82) is 0 Å². The number of hydrogen-bond acceptors (Lipinski definition) is 2. The summed E-state index contributed by atoms with van der Waals surface area (Å²) in [5.41, 5.74) is 1.16. The Kier molecular flexibility index (Phi) is 2.99. The number of benzene rings is 1. The molecule has 4 heteroatoms. The fourth-order valence-corrected chi connectivity index (χ4v) is 3.72. The topological polar surface area (TPSA) is 27.1 Å². The first kappa shape index (κ1) is 12.2. The van der Waals surface area contributed by atoms with Crippen LogP contribution < -0.4 is 9.92 Å². The average molecular weight is 248 g/mol. The molecule has 0 fully saturated rings. The van der Waals surface area contributed by atoms with Crippen molar-refractivity contribution in [3.8, 4) is 5.88 Å². The van der Waals surface area contributed by atoms with Gasteiger partial charge in [0.1, 0.15) is 0 Å². The molecule has 0 atom stereocenters. The van der Waals surface area contributed by atoms with Gasteiger partial charge in [0.25, 0.3) is 0 Å². The number of rotatable bonds is 3. The molecule has 0 N–H and O–H groups in total. The third-order valence-corrected chi connectivity index (χ3v) is 4.97. The van der Waals surface area contributed by atoms with Crippen molar-refractivity contribution in [2.45, 2.75) is 26.6 Å². The molecule has 0 amide bonds. The first-order valence-corrected chi connectivity index (χ1v) is 9.54. The van der Waals surface area contributed by atoms with Crippen LogP contribution in [0.2, 0.25) is 19.6 Å². The maximum Gasteiger partial charge on any atom is 0.240 e. The SMILES string of the molecule is CCOc1nn(C)c2cccc([Si](C)(C)C)c12. The molecule has 1 aromatic heterocycles. The van der Waals surface area contributed by atoms with Gasteiger partial charge in [-0.05, 0) is 18.2 Å². The van der Waals surface area contributed by atoms with Gasteiger partial charge in [0.05, 0.1) is 25.6 Å². The van der Waals surface area contributed by atoms with Crippen LogP contribution in [0, 0.1) is 0 Å². The van der Waals surface area contributed by atoms with Gasteiger partial charge in [-0.25, -0.2) is 0 Å². The van der Waals surface area contributed by atoms with E-state index in [0.717, 1.165) is 11.4 Å². The molecule has 0 aliphatic heterocycles. The molecule has 0 unspecified atom stereocenters. The lowest BCUT2D eigenvalue weighted by Gasteiger charge is -2.18. The van der Waals surface area contributed by atoms with Crippen LogP contribution in [-0.2, 0) is 7.05 Å². The average Bonchev–Trinajstić information content (AvgIpc) is 2.55. The summed E-state index contributed by atoms with van der Waals surface area (Å²) in [6.45, 7) is 9.71.